The molecule has 1 aliphatic rings. The van der Waals surface area contributed by atoms with E-state index >= 15 is 0 Å². The topological polar surface area (TPSA) is 70.7 Å². The molecule has 158 valence electrons. The summed E-state index contributed by atoms with van der Waals surface area (Å²) in [6.45, 7) is 0.752. The van der Waals surface area contributed by atoms with Crippen LogP contribution in [0.15, 0.2) is 78.9 Å². The number of rotatable bonds is 7. The molecule has 0 bridgehead atoms. The highest BCUT2D eigenvalue weighted by molar-refractivity contribution is 5.98. The Balaban J connectivity index is 1.52. The Morgan fingerprint density at radius 2 is 1.61 bits per heavy atom. The van der Waals surface area contributed by atoms with E-state index in [-0.39, 0.29) is 11.8 Å². The van der Waals surface area contributed by atoms with E-state index in [2.05, 4.69) is 10.6 Å². The number of nitrogens with zero attached hydrogens (tertiary/aromatic N) is 1. The second kappa shape index (κ2) is 9.34. The molecule has 6 heteroatoms. The molecule has 1 aliphatic heterocycles. The third-order valence-electron chi connectivity index (χ3n) is 5.32. The Kier molecular flexibility index (Phi) is 6.17. The molecule has 6 nitrogen and oxygen atoms in total. The zero-order valence-electron chi connectivity index (χ0n) is 17.4. The highest BCUT2D eigenvalue weighted by Crippen LogP contribution is 2.26. The van der Waals surface area contributed by atoms with Crippen LogP contribution in [-0.2, 0) is 9.59 Å². The monoisotopic (exact) mass is 415 g/mol. The van der Waals surface area contributed by atoms with Crippen LogP contribution in [0, 0.1) is 0 Å². The van der Waals surface area contributed by atoms with Crippen LogP contribution in [0.3, 0.4) is 0 Å². The molecule has 0 aliphatic carbocycles. The Labute approximate surface area is 181 Å². The fraction of sp³-hybridized carbons (Fsp3) is 0.200. The first-order chi connectivity index (χ1) is 15.1. The second-order valence-corrected chi connectivity index (χ2v) is 7.40. The van der Waals surface area contributed by atoms with Crippen LogP contribution < -0.4 is 20.3 Å². The number of hydrogen-bond donors (Lipinski definition) is 2. The smallest absolute Gasteiger partial charge is 0.251 e. The predicted molar refractivity (Wildman–Crippen MR) is 122 cm³/mol. The minimum Gasteiger partial charge on any atom is -0.497 e. The number of benzene rings is 3. The lowest BCUT2D eigenvalue weighted by Crippen LogP contribution is -2.27. The zero-order valence-corrected chi connectivity index (χ0v) is 17.4. The van der Waals surface area contributed by atoms with Crippen molar-refractivity contribution in [3.8, 4) is 5.75 Å². The van der Waals surface area contributed by atoms with Crippen molar-refractivity contribution < 1.29 is 14.3 Å². The lowest BCUT2D eigenvalue weighted by molar-refractivity contribution is -0.117. The van der Waals surface area contributed by atoms with Gasteiger partial charge in [-0.3, -0.25) is 9.59 Å². The fourth-order valence-electron chi connectivity index (χ4n) is 3.66. The summed E-state index contributed by atoms with van der Waals surface area (Å²) in [5.41, 5.74) is 3.23. The number of hydrogen-bond acceptors (Lipinski definition) is 4. The summed E-state index contributed by atoms with van der Waals surface area (Å²) in [5, 5.41) is 6.29. The Bertz CT molecular complexity index is 1030. The number of amides is 2. The van der Waals surface area contributed by atoms with Crippen LogP contribution in [0.5, 0.6) is 5.75 Å². The van der Waals surface area contributed by atoms with Gasteiger partial charge < -0.3 is 20.3 Å². The van der Waals surface area contributed by atoms with E-state index in [1.807, 2.05) is 54.6 Å². The molecule has 1 heterocycles. The van der Waals surface area contributed by atoms with Gasteiger partial charge in [-0.15, -0.1) is 0 Å². The maximum absolute atomic E-state index is 13.1. The Hall–Kier alpha value is -3.80. The number of carbonyl (C=O) groups excluding carboxylic acids is 2. The quantitative estimate of drug-likeness (QED) is 0.591. The van der Waals surface area contributed by atoms with Gasteiger partial charge in [0.15, 0.2) is 0 Å². The summed E-state index contributed by atoms with van der Waals surface area (Å²) < 4.78 is 5.17. The number of ether oxygens (including phenoxy) is 1. The molecule has 1 saturated heterocycles. The molecular weight excluding hydrogens is 390 g/mol. The predicted octanol–water partition coefficient (Wildman–Crippen LogP) is 4.61. The highest BCUT2D eigenvalue weighted by atomic mass is 16.5. The molecule has 3 aromatic carbocycles. The molecule has 0 saturated carbocycles. The van der Waals surface area contributed by atoms with Crippen LogP contribution in [0.25, 0.3) is 0 Å². The molecule has 0 aromatic heterocycles. The lowest BCUT2D eigenvalue weighted by atomic mass is 10.1. The normalized spacial score (nSPS) is 14.2. The standard InChI is InChI=1S/C25H25N3O3/c1-31-22-15-11-20(12-16-22)27-25(30)24(18-6-3-2-4-7-18)26-19-9-13-21(14-10-19)28-17-5-8-23(28)29/h2-4,6-7,9-16,24,26H,5,8,17H2,1H3,(H,27,30)/t24-/m1/s1. The molecule has 3 aromatic rings. The van der Waals surface area contributed by atoms with E-state index in [1.165, 1.54) is 0 Å². The third-order valence-corrected chi connectivity index (χ3v) is 5.32. The molecule has 2 N–H and O–H groups in total. The molecule has 2 amide bonds. The van der Waals surface area contributed by atoms with E-state index in [0.29, 0.717) is 12.1 Å². The largest absolute Gasteiger partial charge is 0.497 e. The van der Waals surface area contributed by atoms with Crippen molar-refractivity contribution in [2.24, 2.45) is 0 Å². The summed E-state index contributed by atoms with van der Waals surface area (Å²) in [4.78, 5) is 26.9. The lowest BCUT2D eigenvalue weighted by Gasteiger charge is -2.21. The minimum absolute atomic E-state index is 0.154. The van der Waals surface area contributed by atoms with Crippen molar-refractivity contribution in [1.82, 2.24) is 0 Å². The summed E-state index contributed by atoms with van der Waals surface area (Å²) in [7, 11) is 1.61. The van der Waals surface area contributed by atoms with Crippen LogP contribution in [-0.4, -0.2) is 25.5 Å². The van der Waals surface area contributed by atoms with E-state index < -0.39 is 6.04 Å². The van der Waals surface area contributed by atoms with Crippen molar-refractivity contribution in [2.75, 3.05) is 29.2 Å². The van der Waals surface area contributed by atoms with Gasteiger partial charge in [-0.1, -0.05) is 30.3 Å². The number of methoxy groups -OCH3 is 1. The van der Waals surface area contributed by atoms with Gasteiger partial charge in [-0.25, -0.2) is 0 Å². The minimum atomic E-state index is -0.581. The Morgan fingerprint density at radius 3 is 2.23 bits per heavy atom. The van der Waals surface area contributed by atoms with Gasteiger partial charge in [0.1, 0.15) is 11.8 Å². The van der Waals surface area contributed by atoms with Crippen molar-refractivity contribution in [2.45, 2.75) is 18.9 Å². The summed E-state index contributed by atoms with van der Waals surface area (Å²) in [6.07, 6.45) is 1.49. The molecule has 31 heavy (non-hydrogen) atoms. The van der Waals surface area contributed by atoms with E-state index in [1.54, 1.807) is 36.3 Å². The van der Waals surface area contributed by atoms with Crippen molar-refractivity contribution >= 4 is 28.9 Å². The van der Waals surface area contributed by atoms with Gasteiger partial charge in [-0.2, -0.15) is 0 Å². The van der Waals surface area contributed by atoms with Gasteiger partial charge in [-0.05, 0) is 60.5 Å². The average molecular weight is 415 g/mol. The second-order valence-electron chi connectivity index (χ2n) is 7.40. The van der Waals surface area contributed by atoms with Crippen LogP contribution in [0.4, 0.5) is 17.1 Å². The molecular formula is C25H25N3O3. The molecule has 0 radical (unpaired) electrons. The summed E-state index contributed by atoms with van der Waals surface area (Å²) >= 11 is 0. The van der Waals surface area contributed by atoms with Crippen molar-refractivity contribution in [3.05, 3.63) is 84.4 Å². The average Bonchev–Trinajstić information content (AvgIpc) is 3.24. The van der Waals surface area contributed by atoms with Crippen LogP contribution in [0.1, 0.15) is 24.4 Å². The van der Waals surface area contributed by atoms with Gasteiger partial charge in [0.25, 0.3) is 5.91 Å². The fourth-order valence-corrected chi connectivity index (χ4v) is 3.66. The first kappa shape index (κ1) is 20.5. The summed E-state index contributed by atoms with van der Waals surface area (Å²) in [6, 6.07) is 23.8. The first-order valence-electron chi connectivity index (χ1n) is 10.3. The maximum atomic E-state index is 13.1. The molecule has 1 fully saturated rings. The SMILES string of the molecule is COc1ccc(NC(=O)[C@H](Nc2ccc(N3CCCC3=O)cc2)c2ccccc2)cc1. The maximum Gasteiger partial charge on any atom is 0.251 e. The molecule has 0 spiro atoms. The highest BCUT2D eigenvalue weighted by Gasteiger charge is 2.23. The number of carbonyl (C=O) groups is 2. The van der Waals surface area contributed by atoms with Gasteiger partial charge in [0.05, 0.1) is 7.11 Å². The third kappa shape index (κ3) is 4.86. The summed E-state index contributed by atoms with van der Waals surface area (Å²) in [5.74, 6) is 0.712. The molecule has 0 unspecified atom stereocenters. The van der Waals surface area contributed by atoms with E-state index in [9.17, 15) is 9.59 Å². The van der Waals surface area contributed by atoms with E-state index in [0.717, 1.165) is 35.7 Å². The molecule has 1 atom stereocenters. The number of anilines is 3. The van der Waals surface area contributed by atoms with Crippen LogP contribution >= 0.6 is 0 Å². The number of nitrogens with one attached hydrogen (secondary N) is 2. The van der Waals surface area contributed by atoms with Crippen LogP contribution in [0.2, 0.25) is 0 Å². The molecule has 4 rings (SSSR count). The first-order valence-corrected chi connectivity index (χ1v) is 10.3. The Morgan fingerprint density at radius 1 is 0.935 bits per heavy atom. The van der Waals surface area contributed by atoms with Gasteiger partial charge >= 0.3 is 0 Å². The van der Waals surface area contributed by atoms with Gasteiger partial charge in [0.2, 0.25) is 5.91 Å². The zero-order chi connectivity index (χ0) is 21.6. The van der Waals surface area contributed by atoms with Gasteiger partial charge in [0, 0.05) is 30.0 Å². The van der Waals surface area contributed by atoms with E-state index in [4.69, 9.17) is 4.74 Å². The van der Waals surface area contributed by atoms with Crippen molar-refractivity contribution in [3.63, 3.8) is 0 Å². The van der Waals surface area contributed by atoms with Crippen molar-refractivity contribution in [1.29, 1.82) is 0 Å².